The molecule has 3 heterocycles. The lowest BCUT2D eigenvalue weighted by Crippen LogP contribution is -2.34. The van der Waals surface area contributed by atoms with Gasteiger partial charge in [0.25, 0.3) is 11.8 Å². The van der Waals surface area contributed by atoms with Crippen molar-refractivity contribution in [2.45, 2.75) is 6.54 Å². The lowest BCUT2D eigenvalue weighted by Gasteiger charge is -2.12. The minimum absolute atomic E-state index is 0.190. The van der Waals surface area contributed by atoms with Crippen LogP contribution in [0.2, 0.25) is 0 Å². The summed E-state index contributed by atoms with van der Waals surface area (Å²) < 4.78 is 1.79. The molecule has 0 spiro atoms. The van der Waals surface area contributed by atoms with Crippen LogP contribution >= 0.6 is 11.3 Å². The van der Waals surface area contributed by atoms with E-state index in [4.69, 9.17) is 0 Å². The maximum Gasteiger partial charge on any atom is 0.280 e. The van der Waals surface area contributed by atoms with Crippen molar-refractivity contribution in [1.82, 2.24) is 24.8 Å². The molecule has 1 aromatic carbocycles. The number of aromatic amines is 1. The van der Waals surface area contributed by atoms with Crippen LogP contribution in [0.15, 0.2) is 65.2 Å². The highest BCUT2D eigenvalue weighted by molar-refractivity contribution is 7.07. The first-order valence-electron chi connectivity index (χ1n) is 10.2. The highest BCUT2D eigenvalue weighted by Crippen LogP contribution is 2.16. The van der Waals surface area contributed by atoms with E-state index in [-0.39, 0.29) is 11.8 Å². The molecular weight excluding hydrogens is 424 g/mol. The van der Waals surface area contributed by atoms with Gasteiger partial charge in [-0.25, -0.2) is 4.98 Å². The van der Waals surface area contributed by atoms with Crippen LogP contribution in [0.5, 0.6) is 0 Å². The molecule has 0 radical (unpaired) electrons. The number of aromatic nitrogens is 3. The first-order chi connectivity index (χ1) is 15.5. The Hall–Kier alpha value is -3.56. The first-order valence-corrected chi connectivity index (χ1v) is 11.1. The molecule has 0 bridgehead atoms. The van der Waals surface area contributed by atoms with E-state index >= 15 is 0 Å². The third-order valence-corrected chi connectivity index (χ3v) is 5.81. The molecule has 0 saturated heterocycles. The molecule has 4 aromatic rings. The first kappa shape index (κ1) is 21.7. The number of hydrogen-bond donors (Lipinski definition) is 2. The van der Waals surface area contributed by atoms with Gasteiger partial charge in [-0.1, -0.05) is 30.3 Å². The Morgan fingerprint density at radius 1 is 1.19 bits per heavy atom. The monoisotopic (exact) mass is 448 g/mol. The number of carbonyl (C=O) groups excluding carboxylic acids is 2. The number of nitrogens with zero attached hydrogens (tertiary/aromatic N) is 4. The van der Waals surface area contributed by atoms with Gasteiger partial charge < -0.3 is 19.8 Å². The largest absolute Gasteiger partial charge is 0.349 e. The van der Waals surface area contributed by atoms with Crippen LogP contribution in [-0.4, -0.2) is 58.4 Å². The summed E-state index contributed by atoms with van der Waals surface area (Å²) in [5.41, 5.74) is 2.59. The van der Waals surface area contributed by atoms with Crippen molar-refractivity contribution in [1.29, 1.82) is 0 Å². The average Bonchev–Trinajstić information content (AvgIpc) is 3.41. The Bertz CT molecular complexity index is 1300. The van der Waals surface area contributed by atoms with Crippen LogP contribution in [0, 0.1) is 0 Å². The Balaban J connectivity index is 1.71. The van der Waals surface area contributed by atoms with Gasteiger partial charge in [0.05, 0.1) is 12.1 Å². The molecule has 8 nitrogen and oxygen atoms in total. The molecule has 0 fully saturated rings. The number of benzene rings is 1. The van der Waals surface area contributed by atoms with Gasteiger partial charge in [0.1, 0.15) is 11.3 Å². The van der Waals surface area contributed by atoms with Gasteiger partial charge in [0.15, 0.2) is 4.80 Å². The van der Waals surface area contributed by atoms with Gasteiger partial charge in [0.2, 0.25) is 0 Å². The number of amides is 2. The Morgan fingerprint density at radius 3 is 2.78 bits per heavy atom. The van der Waals surface area contributed by atoms with Crippen molar-refractivity contribution in [2.24, 2.45) is 4.99 Å². The van der Waals surface area contributed by atoms with Crippen LogP contribution in [0.1, 0.15) is 26.4 Å². The van der Waals surface area contributed by atoms with E-state index in [1.807, 2.05) is 49.3 Å². The number of likely N-dealkylation sites (N-methyl/N-ethyl adjacent to an activating group) is 1. The summed E-state index contributed by atoms with van der Waals surface area (Å²) in [5, 5.41) is 5.41. The second kappa shape index (κ2) is 9.71. The second-order valence-electron chi connectivity index (χ2n) is 7.55. The summed E-state index contributed by atoms with van der Waals surface area (Å²) in [4.78, 5) is 40.0. The van der Waals surface area contributed by atoms with E-state index in [1.54, 1.807) is 34.5 Å². The van der Waals surface area contributed by atoms with Gasteiger partial charge in [-0.05, 0) is 31.8 Å². The summed E-state index contributed by atoms with van der Waals surface area (Å²) in [6.07, 6.45) is 3.32. The van der Waals surface area contributed by atoms with E-state index in [2.05, 4.69) is 20.3 Å². The van der Waals surface area contributed by atoms with Crippen molar-refractivity contribution in [3.63, 3.8) is 0 Å². The smallest absolute Gasteiger partial charge is 0.280 e. The highest BCUT2D eigenvalue weighted by atomic mass is 32.1. The number of rotatable bonds is 7. The summed E-state index contributed by atoms with van der Waals surface area (Å²) in [6, 6.07) is 13.3. The third kappa shape index (κ3) is 4.84. The van der Waals surface area contributed by atoms with Crippen LogP contribution in [0.25, 0.3) is 11.0 Å². The molecular formula is C23H24N6O2S. The van der Waals surface area contributed by atoms with Crippen LogP contribution in [0.3, 0.4) is 0 Å². The minimum atomic E-state index is -0.375. The van der Waals surface area contributed by atoms with Crippen LogP contribution in [0.4, 0.5) is 0 Å². The maximum atomic E-state index is 13.0. The lowest BCUT2D eigenvalue weighted by atomic mass is 10.2. The van der Waals surface area contributed by atoms with Crippen molar-refractivity contribution < 1.29 is 9.59 Å². The second-order valence-corrected chi connectivity index (χ2v) is 8.39. The molecule has 4 rings (SSSR count). The molecule has 164 valence electrons. The Kier molecular flexibility index (Phi) is 6.58. The van der Waals surface area contributed by atoms with Gasteiger partial charge in [-0.3, -0.25) is 9.59 Å². The van der Waals surface area contributed by atoms with Crippen molar-refractivity contribution in [2.75, 3.05) is 27.2 Å². The van der Waals surface area contributed by atoms with E-state index in [9.17, 15) is 9.59 Å². The molecule has 0 unspecified atom stereocenters. The molecule has 0 atom stereocenters. The predicted molar refractivity (Wildman–Crippen MR) is 125 cm³/mol. The minimum Gasteiger partial charge on any atom is -0.349 e. The molecule has 32 heavy (non-hydrogen) atoms. The number of thiazole rings is 1. The van der Waals surface area contributed by atoms with Crippen molar-refractivity contribution >= 4 is 34.2 Å². The number of carbonyl (C=O) groups is 2. The van der Waals surface area contributed by atoms with Gasteiger partial charge >= 0.3 is 0 Å². The molecule has 0 aliphatic carbocycles. The van der Waals surface area contributed by atoms with E-state index in [0.29, 0.717) is 40.2 Å². The summed E-state index contributed by atoms with van der Waals surface area (Å²) in [5.74, 6) is -0.565. The average molecular weight is 449 g/mol. The Morgan fingerprint density at radius 2 is 2.00 bits per heavy atom. The molecule has 2 N–H and O–H groups in total. The normalized spacial score (nSPS) is 11.9. The summed E-state index contributed by atoms with van der Waals surface area (Å²) >= 11 is 1.27. The number of hydrogen-bond acceptors (Lipinski definition) is 5. The molecule has 0 aliphatic rings. The molecule has 0 saturated carbocycles. The molecule has 2 amide bonds. The maximum absolute atomic E-state index is 13.0. The molecule has 0 aliphatic heterocycles. The number of pyridine rings is 1. The zero-order valence-electron chi connectivity index (χ0n) is 17.9. The van der Waals surface area contributed by atoms with Crippen molar-refractivity contribution in [3.8, 4) is 0 Å². The number of H-pyrrole nitrogens is 1. The Labute approximate surface area is 189 Å². The van der Waals surface area contributed by atoms with Gasteiger partial charge in [-0.15, -0.1) is 11.3 Å². The number of nitrogens with one attached hydrogen (secondary N) is 2. The third-order valence-electron chi connectivity index (χ3n) is 4.95. The van der Waals surface area contributed by atoms with E-state index in [0.717, 1.165) is 12.1 Å². The number of fused-ring (bicyclic) bond motifs is 1. The summed E-state index contributed by atoms with van der Waals surface area (Å²) in [7, 11) is 3.91. The zero-order valence-corrected chi connectivity index (χ0v) is 18.7. The van der Waals surface area contributed by atoms with E-state index < -0.39 is 0 Å². The zero-order chi connectivity index (χ0) is 22.5. The fourth-order valence-corrected chi connectivity index (χ4v) is 4.18. The SMILES string of the molecule is CN(C)CCNC(=O)c1csc(=NC(=O)c2ccnc3[nH]ccc23)n1Cc1ccccc1. The molecule has 3 aromatic heterocycles. The quantitative estimate of drug-likeness (QED) is 0.454. The highest BCUT2D eigenvalue weighted by Gasteiger charge is 2.16. The van der Waals surface area contributed by atoms with Crippen LogP contribution in [-0.2, 0) is 6.54 Å². The fourth-order valence-electron chi connectivity index (χ4n) is 3.30. The standard InChI is InChI=1S/C23H24N6O2S/c1-28(2)13-12-26-22(31)19-15-32-23(29(19)14-16-6-4-3-5-7-16)27-21(30)18-9-11-25-20-17(18)8-10-24-20/h3-11,15H,12-14H2,1-2H3,(H,24,25)(H,26,31). The topological polar surface area (TPSA) is 95.4 Å². The van der Waals surface area contributed by atoms with Gasteiger partial charge in [-0.2, -0.15) is 4.99 Å². The lowest BCUT2D eigenvalue weighted by molar-refractivity contribution is 0.0938. The van der Waals surface area contributed by atoms with Crippen molar-refractivity contribution in [3.05, 3.63) is 81.9 Å². The van der Waals surface area contributed by atoms with Gasteiger partial charge in [0, 0.05) is 36.2 Å². The molecule has 9 heteroatoms. The van der Waals surface area contributed by atoms with Crippen LogP contribution < -0.4 is 10.1 Å². The fraction of sp³-hybridized carbons (Fsp3) is 0.217. The van der Waals surface area contributed by atoms with E-state index in [1.165, 1.54) is 11.3 Å². The summed E-state index contributed by atoms with van der Waals surface area (Å²) in [6.45, 7) is 1.70. The predicted octanol–water partition coefficient (Wildman–Crippen LogP) is 2.51.